The lowest BCUT2D eigenvalue weighted by molar-refractivity contribution is -0.163. The van der Waals surface area contributed by atoms with Crippen molar-refractivity contribution in [3.8, 4) is 22.8 Å². The van der Waals surface area contributed by atoms with Crippen LogP contribution in [0.4, 0.5) is 20.3 Å². The molecule has 4 aromatic rings. The average Bonchev–Trinajstić information content (AvgIpc) is 3.35. The lowest BCUT2D eigenvalue weighted by Gasteiger charge is -2.23. The summed E-state index contributed by atoms with van der Waals surface area (Å²) in [7, 11) is 4.21. The van der Waals surface area contributed by atoms with Gasteiger partial charge in [-0.25, -0.2) is 18.7 Å². The van der Waals surface area contributed by atoms with Gasteiger partial charge in [-0.05, 0) is 62.7 Å². The minimum absolute atomic E-state index is 0.0316. The van der Waals surface area contributed by atoms with Crippen LogP contribution in [0.25, 0.3) is 11.3 Å². The highest BCUT2D eigenvalue weighted by Crippen LogP contribution is 2.37. The number of anilines is 2. The number of carbonyl (C=O) groups excluding carboxylic acids is 3. The van der Waals surface area contributed by atoms with Crippen molar-refractivity contribution in [2.45, 2.75) is 45.4 Å². The Bertz CT molecular complexity index is 1860. The Morgan fingerprint density at radius 1 is 0.958 bits per heavy atom. The van der Waals surface area contributed by atoms with Gasteiger partial charge in [-0.3, -0.25) is 14.4 Å². The number of rotatable bonds is 10. The summed E-state index contributed by atoms with van der Waals surface area (Å²) in [6.45, 7) is 5.22. The molecule has 0 bridgehead atoms. The van der Waals surface area contributed by atoms with Gasteiger partial charge in [0.05, 0.1) is 62.6 Å². The first kappa shape index (κ1) is 33.8. The van der Waals surface area contributed by atoms with Gasteiger partial charge in [0, 0.05) is 17.8 Å². The van der Waals surface area contributed by atoms with Gasteiger partial charge in [-0.1, -0.05) is 12.1 Å². The van der Waals surface area contributed by atoms with Gasteiger partial charge in [0.25, 0.3) is 5.91 Å². The van der Waals surface area contributed by atoms with E-state index < -0.39 is 35.1 Å². The van der Waals surface area contributed by atoms with Gasteiger partial charge >= 0.3 is 11.9 Å². The van der Waals surface area contributed by atoms with Crippen LogP contribution in [0.15, 0.2) is 60.8 Å². The van der Waals surface area contributed by atoms with Crippen LogP contribution >= 0.6 is 0 Å². The van der Waals surface area contributed by atoms with Gasteiger partial charge in [0.1, 0.15) is 34.6 Å². The number of methoxy groups -OCH3 is 3. The Labute approximate surface area is 275 Å². The molecule has 0 aliphatic carbocycles. The molecule has 1 N–H and O–H groups in total. The first-order chi connectivity index (χ1) is 22.8. The Balaban J connectivity index is 1.52. The highest BCUT2D eigenvalue weighted by atomic mass is 19.1. The molecule has 250 valence electrons. The van der Waals surface area contributed by atoms with E-state index in [-0.39, 0.29) is 52.9 Å². The molecule has 0 spiro atoms. The van der Waals surface area contributed by atoms with Crippen LogP contribution < -0.4 is 14.8 Å². The van der Waals surface area contributed by atoms with Gasteiger partial charge in [-0.2, -0.15) is 0 Å². The predicted octanol–water partition coefficient (Wildman–Crippen LogP) is 5.94. The van der Waals surface area contributed by atoms with E-state index in [0.717, 1.165) is 19.2 Å². The quantitative estimate of drug-likeness (QED) is 0.161. The molecule has 1 aliphatic heterocycles. The van der Waals surface area contributed by atoms with Crippen molar-refractivity contribution in [3.05, 3.63) is 94.8 Å². The summed E-state index contributed by atoms with van der Waals surface area (Å²) in [5.74, 6) is -3.74. The zero-order chi connectivity index (χ0) is 34.7. The molecule has 0 radical (unpaired) electrons. The van der Waals surface area contributed by atoms with E-state index in [4.69, 9.17) is 18.9 Å². The third-order valence-electron chi connectivity index (χ3n) is 7.47. The van der Waals surface area contributed by atoms with Crippen LogP contribution in [0.1, 0.15) is 53.9 Å². The van der Waals surface area contributed by atoms with Gasteiger partial charge < -0.3 is 29.2 Å². The fourth-order valence-electron chi connectivity index (χ4n) is 5.28. The number of hydrogen-bond acceptors (Lipinski definition) is 10. The van der Waals surface area contributed by atoms with E-state index in [1.807, 2.05) is 0 Å². The van der Waals surface area contributed by atoms with Gasteiger partial charge in [-0.15, -0.1) is 0 Å². The summed E-state index contributed by atoms with van der Waals surface area (Å²) in [5.41, 5.74) is 0.363. The third-order valence-corrected chi connectivity index (χ3v) is 7.47. The number of amides is 1. The number of fused-ring (bicyclic) bond motifs is 1. The van der Waals surface area contributed by atoms with Crippen LogP contribution in [-0.2, 0) is 32.2 Å². The van der Waals surface area contributed by atoms with Crippen LogP contribution in [0.5, 0.6) is 11.5 Å². The Hall–Kier alpha value is -5.59. The molecule has 48 heavy (non-hydrogen) atoms. The Morgan fingerprint density at radius 3 is 2.29 bits per heavy atom. The number of aromatic nitrogens is 2. The number of hydrogen-bond donors (Lipinski definition) is 1. The second-order valence-corrected chi connectivity index (χ2v) is 11.9. The second-order valence-electron chi connectivity index (χ2n) is 11.9. The fraction of sp³-hybridized carbons (Fsp3) is 0.286. The number of halogens is 2. The summed E-state index contributed by atoms with van der Waals surface area (Å²) < 4.78 is 50.9. The first-order valence-corrected chi connectivity index (χ1v) is 14.9. The summed E-state index contributed by atoms with van der Waals surface area (Å²) in [5, 5.41) is 3.07. The smallest absolute Gasteiger partial charge is 0.325 e. The third kappa shape index (κ3) is 7.04. The molecule has 2 aromatic carbocycles. The number of nitrogens with zero attached hydrogens (tertiary/aromatic N) is 3. The van der Waals surface area contributed by atoms with Crippen molar-refractivity contribution < 1.29 is 42.1 Å². The van der Waals surface area contributed by atoms with E-state index in [1.165, 1.54) is 49.6 Å². The number of esters is 2. The minimum Gasteiger partial charge on any atom is -0.497 e. The van der Waals surface area contributed by atoms with Crippen LogP contribution in [0, 0.1) is 11.6 Å². The molecule has 0 saturated heterocycles. The molecular weight excluding hydrogens is 626 g/mol. The molecule has 0 fully saturated rings. The topological polar surface area (TPSA) is 129 Å². The second kappa shape index (κ2) is 13.6. The molecule has 1 amide bonds. The van der Waals surface area contributed by atoms with Crippen molar-refractivity contribution in [1.82, 2.24) is 14.9 Å². The molecule has 1 aliphatic rings. The predicted molar refractivity (Wildman–Crippen MR) is 171 cm³/mol. The molecule has 2 aromatic heterocycles. The number of ether oxygens (including phenoxy) is 4. The van der Waals surface area contributed by atoms with Crippen molar-refractivity contribution >= 4 is 29.4 Å². The molecule has 1 atom stereocenters. The largest absolute Gasteiger partial charge is 0.497 e. The van der Waals surface area contributed by atoms with Crippen LogP contribution in [-0.4, -0.2) is 59.6 Å². The van der Waals surface area contributed by atoms with Crippen molar-refractivity contribution in [2.24, 2.45) is 0 Å². The monoisotopic (exact) mass is 660 g/mol. The van der Waals surface area contributed by atoms with Gasteiger partial charge in [0.15, 0.2) is 5.92 Å². The van der Waals surface area contributed by atoms with Gasteiger partial charge in [0.2, 0.25) is 0 Å². The first-order valence-electron chi connectivity index (χ1n) is 14.9. The molecule has 5 rings (SSSR count). The number of carbonyl (C=O) groups is 3. The summed E-state index contributed by atoms with van der Waals surface area (Å²) >= 11 is 0. The average molecular weight is 661 g/mol. The van der Waals surface area contributed by atoms with Crippen LogP contribution in [0.3, 0.4) is 0 Å². The van der Waals surface area contributed by atoms with E-state index in [0.29, 0.717) is 22.8 Å². The maximum absolute atomic E-state index is 14.9. The molecule has 0 saturated carbocycles. The molecule has 3 heterocycles. The molecule has 13 heteroatoms. The van der Waals surface area contributed by atoms with Crippen molar-refractivity contribution in [2.75, 3.05) is 26.6 Å². The normalized spacial score (nSPS) is 13.1. The zero-order valence-electron chi connectivity index (χ0n) is 27.2. The summed E-state index contributed by atoms with van der Waals surface area (Å²) in [6, 6.07) is 13.1. The minimum atomic E-state index is -1.39. The number of nitrogens with one attached hydrogen (secondary N) is 1. The van der Waals surface area contributed by atoms with Crippen LogP contribution in [0.2, 0.25) is 0 Å². The van der Waals surface area contributed by atoms with E-state index in [1.54, 1.807) is 39.0 Å². The lowest BCUT2D eigenvalue weighted by atomic mass is 10.0. The van der Waals surface area contributed by atoms with Crippen molar-refractivity contribution in [3.63, 3.8) is 0 Å². The Morgan fingerprint density at radius 2 is 1.69 bits per heavy atom. The zero-order valence-corrected chi connectivity index (χ0v) is 27.2. The lowest BCUT2D eigenvalue weighted by Crippen LogP contribution is -2.32. The highest BCUT2D eigenvalue weighted by molar-refractivity contribution is 6.04. The van der Waals surface area contributed by atoms with Crippen molar-refractivity contribution in [1.29, 1.82) is 0 Å². The molecule has 1 unspecified atom stereocenters. The van der Waals surface area contributed by atoms with E-state index >= 15 is 0 Å². The number of pyridine rings is 2. The molecule has 11 nitrogen and oxygen atoms in total. The number of benzene rings is 2. The standard InChI is InChI=1S/C35H34F2N4O7/c1-35(2,3)48-34(44)29(33(43)47-6)19-11-13-28(38-16-19)40-25-15-24(30-22(36)8-7-9-23(30)37)39-26-18-41(32(42)31(25)26)17-20-10-12-21(45-4)14-27(20)46-5/h7-16,29H,17-18H2,1-6H3,(H,38,39,40). The highest BCUT2D eigenvalue weighted by Gasteiger charge is 2.35. The summed E-state index contributed by atoms with van der Waals surface area (Å²) in [6.07, 6.45) is 1.30. The summed E-state index contributed by atoms with van der Waals surface area (Å²) in [4.78, 5) is 49.7. The molecular formula is C35H34F2N4O7. The fourth-order valence-corrected chi connectivity index (χ4v) is 5.28. The Kier molecular flexibility index (Phi) is 9.59. The SMILES string of the molecule is COC(=O)C(C(=O)OC(C)(C)C)c1ccc(Nc2cc(-c3c(F)cccc3F)nc3c2C(=O)N(Cc2ccc(OC)cc2OC)C3)nc1. The maximum atomic E-state index is 14.9. The van der Waals surface area contributed by atoms with E-state index in [2.05, 4.69) is 15.3 Å². The van der Waals surface area contributed by atoms with E-state index in [9.17, 15) is 23.2 Å². The maximum Gasteiger partial charge on any atom is 0.325 e.